The summed E-state index contributed by atoms with van der Waals surface area (Å²) in [5, 5.41) is 17.6. The Morgan fingerprint density at radius 1 is 1.36 bits per heavy atom. The third kappa shape index (κ3) is 5.20. The molecule has 0 spiro atoms. The number of nitro groups is 1. The standard InChI is InChI=1S/C10H13N3O2.C2HF3O2/c11-8-5-6-12(7-8)9-1-3-10(4-2-9)13(14)15;3-2(4,5)1(6)7/h1-4,8H,5-7,11H2;(H,6,7)/t8-;/m0./s1. The number of anilines is 1. The molecule has 122 valence electrons. The van der Waals surface area contributed by atoms with Crippen molar-refractivity contribution in [2.24, 2.45) is 5.73 Å². The summed E-state index contributed by atoms with van der Waals surface area (Å²) in [6.45, 7) is 1.76. The average Bonchev–Trinajstić information content (AvgIpc) is 2.85. The highest BCUT2D eigenvalue weighted by molar-refractivity contribution is 5.73. The van der Waals surface area contributed by atoms with Crippen molar-refractivity contribution in [3.63, 3.8) is 0 Å². The smallest absolute Gasteiger partial charge is 0.475 e. The molecule has 1 heterocycles. The van der Waals surface area contributed by atoms with Crippen molar-refractivity contribution in [3.8, 4) is 0 Å². The Labute approximate surface area is 123 Å². The number of nitrogens with zero attached hydrogens (tertiary/aromatic N) is 2. The second-order valence-electron chi connectivity index (χ2n) is 4.57. The van der Waals surface area contributed by atoms with Crippen molar-refractivity contribution in [2.45, 2.75) is 18.6 Å². The van der Waals surface area contributed by atoms with Crippen LogP contribution in [0.25, 0.3) is 0 Å². The summed E-state index contributed by atoms with van der Waals surface area (Å²) in [5.41, 5.74) is 6.93. The van der Waals surface area contributed by atoms with Gasteiger partial charge >= 0.3 is 12.1 Å². The van der Waals surface area contributed by atoms with E-state index in [0.29, 0.717) is 0 Å². The van der Waals surface area contributed by atoms with Crippen LogP contribution in [0.5, 0.6) is 0 Å². The molecule has 3 N–H and O–H groups in total. The van der Waals surface area contributed by atoms with E-state index in [9.17, 15) is 23.3 Å². The molecule has 0 radical (unpaired) electrons. The molecule has 2 rings (SSSR count). The summed E-state index contributed by atoms with van der Waals surface area (Å²) in [6.07, 6.45) is -4.10. The Balaban J connectivity index is 0.000000295. The Morgan fingerprint density at radius 2 is 1.86 bits per heavy atom. The number of carboxylic acid groups (broad SMARTS) is 1. The quantitative estimate of drug-likeness (QED) is 0.634. The molecule has 22 heavy (non-hydrogen) atoms. The van der Waals surface area contributed by atoms with Crippen LogP contribution in [0.15, 0.2) is 24.3 Å². The first kappa shape index (κ1) is 17.7. The van der Waals surface area contributed by atoms with E-state index in [4.69, 9.17) is 15.6 Å². The van der Waals surface area contributed by atoms with Gasteiger partial charge in [0.1, 0.15) is 0 Å². The number of alkyl halides is 3. The van der Waals surface area contributed by atoms with E-state index in [-0.39, 0.29) is 16.7 Å². The second kappa shape index (κ2) is 7.07. The number of carboxylic acids is 1. The van der Waals surface area contributed by atoms with E-state index in [1.165, 1.54) is 12.1 Å². The normalized spacial score (nSPS) is 17.6. The van der Waals surface area contributed by atoms with E-state index in [1.54, 1.807) is 12.1 Å². The fourth-order valence-corrected chi connectivity index (χ4v) is 1.81. The van der Waals surface area contributed by atoms with Crippen LogP contribution >= 0.6 is 0 Å². The maximum Gasteiger partial charge on any atom is 0.490 e. The number of carbonyl (C=O) groups is 1. The van der Waals surface area contributed by atoms with E-state index < -0.39 is 12.1 Å². The van der Waals surface area contributed by atoms with Crippen molar-refractivity contribution < 1.29 is 28.0 Å². The van der Waals surface area contributed by atoms with Gasteiger partial charge in [0.25, 0.3) is 5.69 Å². The van der Waals surface area contributed by atoms with Gasteiger partial charge < -0.3 is 15.7 Å². The minimum absolute atomic E-state index is 0.127. The molecule has 0 aromatic heterocycles. The number of benzene rings is 1. The molecule has 1 aromatic carbocycles. The summed E-state index contributed by atoms with van der Waals surface area (Å²) in [4.78, 5) is 21.1. The first-order valence-electron chi connectivity index (χ1n) is 6.16. The molecule has 0 unspecified atom stereocenters. The Kier molecular flexibility index (Phi) is 5.69. The van der Waals surface area contributed by atoms with Gasteiger partial charge in [0.2, 0.25) is 0 Å². The zero-order valence-electron chi connectivity index (χ0n) is 11.3. The van der Waals surface area contributed by atoms with Gasteiger partial charge in [-0.1, -0.05) is 0 Å². The number of hydrogen-bond donors (Lipinski definition) is 2. The first-order valence-corrected chi connectivity index (χ1v) is 6.16. The van der Waals surface area contributed by atoms with Gasteiger partial charge in [-0.2, -0.15) is 13.2 Å². The third-order valence-corrected chi connectivity index (χ3v) is 2.89. The van der Waals surface area contributed by atoms with Crippen molar-refractivity contribution >= 4 is 17.3 Å². The topological polar surface area (TPSA) is 110 Å². The summed E-state index contributed by atoms with van der Waals surface area (Å²) in [6, 6.07) is 6.82. The number of rotatable bonds is 2. The lowest BCUT2D eigenvalue weighted by atomic mass is 10.2. The van der Waals surface area contributed by atoms with Gasteiger partial charge in [-0.05, 0) is 18.6 Å². The summed E-state index contributed by atoms with van der Waals surface area (Å²) < 4.78 is 31.7. The molecule has 0 bridgehead atoms. The molecule has 1 fully saturated rings. The van der Waals surface area contributed by atoms with Crippen LogP contribution < -0.4 is 10.6 Å². The van der Waals surface area contributed by atoms with Crippen molar-refractivity contribution in [1.82, 2.24) is 0 Å². The highest BCUT2D eigenvalue weighted by Crippen LogP contribution is 2.22. The van der Waals surface area contributed by atoms with Crippen LogP contribution in [-0.2, 0) is 4.79 Å². The summed E-state index contributed by atoms with van der Waals surface area (Å²) in [7, 11) is 0. The van der Waals surface area contributed by atoms with Gasteiger partial charge in [0.05, 0.1) is 4.92 Å². The molecule has 1 atom stereocenters. The van der Waals surface area contributed by atoms with Crippen LogP contribution in [0.1, 0.15) is 6.42 Å². The molecular formula is C12H14F3N3O4. The molecule has 1 saturated heterocycles. The predicted octanol–water partition coefficient (Wildman–Crippen LogP) is 1.77. The molecule has 10 heteroatoms. The Hall–Kier alpha value is -2.36. The van der Waals surface area contributed by atoms with Crippen LogP contribution in [0, 0.1) is 10.1 Å². The average molecular weight is 321 g/mol. The molecule has 0 amide bonds. The summed E-state index contributed by atoms with van der Waals surface area (Å²) >= 11 is 0. The largest absolute Gasteiger partial charge is 0.490 e. The molecule has 1 aliphatic heterocycles. The van der Waals surface area contributed by atoms with Crippen LogP contribution in [-0.4, -0.2) is 41.3 Å². The molecule has 1 aliphatic rings. The SMILES string of the molecule is N[C@H]1CCN(c2ccc([N+](=O)[O-])cc2)C1.O=C(O)C(F)(F)F. The zero-order chi connectivity index (χ0) is 16.9. The Bertz CT molecular complexity index is 533. The second-order valence-corrected chi connectivity index (χ2v) is 4.57. The number of halogens is 3. The zero-order valence-corrected chi connectivity index (χ0v) is 11.3. The van der Waals surface area contributed by atoms with Gasteiger partial charge in [-0.25, -0.2) is 4.79 Å². The maximum atomic E-state index is 10.6. The lowest BCUT2D eigenvalue weighted by molar-refractivity contribution is -0.384. The fraction of sp³-hybridized carbons (Fsp3) is 0.417. The first-order chi connectivity index (χ1) is 10.1. The summed E-state index contributed by atoms with van der Waals surface area (Å²) in [5.74, 6) is -2.76. The minimum Gasteiger partial charge on any atom is -0.475 e. The van der Waals surface area contributed by atoms with Gasteiger partial charge in [0.15, 0.2) is 0 Å². The highest BCUT2D eigenvalue weighted by atomic mass is 19.4. The molecule has 1 aromatic rings. The van der Waals surface area contributed by atoms with E-state index in [1.807, 2.05) is 0 Å². The number of nitro benzene ring substituents is 1. The van der Waals surface area contributed by atoms with Gasteiger partial charge in [-0.3, -0.25) is 10.1 Å². The van der Waals surface area contributed by atoms with Crippen LogP contribution in [0.2, 0.25) is 0 Å². The van der Waals surface area contributed by atoms with Gasteiger partial charge in [-0.15, -0.1) is 0 Å². The highest BCUT2D eigenvalue weighted by Gasteiger charge is 2.38. The van der Waals surface area contributed by atoms with E-state index in [0.717, 1.165) is 25.2 Å². The van der Waals surface area contributed by atoms with Crippen LogP contribution in [0.3, 0.4) is 0 Å². The van der Waals surface area contributed by atoms with Crippen molar-refractivity contribution in [2.75, 3.05) is 18.0 Å². The predicted molar refractivity (Wildman–Crippen MR) is 71.6 cm³/mol. The van der Waals surface area contributed by atoms with Crippen LogP contribution in [0.4, 0.5) is 24.5 Å². The lowest BCUT2D eigenvalue weighted by Crippen LogP contribution is -2.26. The Morgan fingerprint density at radius 3 is 2.18 bits per heavy atom. The third-order valence-electron chi connectivity index (χ3n) is 2.89. The molecular weight excluding hydrogens is 307 g/mol. The van der Waals surface area contributed by atoms with E-state index >= 15 is 0 Å². The molecule has 0 aliphatic carbocycles. The lowest BCUT2D eigenvalue weighted by Gasteiger charge is -2.17. The number of aliphatic carboxylic acids is 1. The number of non-ortho nitro benzene ring substituents is 1. The van der Waals surface area contributed by atoms with Crippen molar-refractivity contribution in [3.05, 3.63) is 34.4 Å². The fourth-order valence-electron chi connectivity index (χ4n) is 1.81. The number of hydrogen-bond acceptors (Lipinski definition) is 5. The number of nitrogens with two attached hydrogens (primary N) is 1. The van der Waals surface area contributed by atoms with Crippen molar-refractivity contribution in [1.29, 1.82) is 0 Å². The van der Waals surface area contributed by atoms with Gasteiger partial charge in [0, 0.05) is 37.0 Å². The minimum atomic E-state index is -5.08. The van der Waals surface area contributed by atoms with E-state index in [2.05, 4.69) is 4.90 Å². The monoisotopic (exact) mass is 321 g/mol. The maximum absolute atomic E-state index is 10.6. The molecule has 0 saturated carbocycles. The molecule has 7 nitrogen and oxygen atoms in total.